The van der Waals surface area contributed by atoms with Gasteiger partial charge in [0.2, 0.25) is 5.89 Å². The Morgan fingerprint density at radius 1 is 1.36 bits per heavy atom. The number of hydrazone groups is 1. The van der Waals surface area contributed by atoms with Crippen molar-refractivity contribution in [3.8, 4) is 11.5 Å². The monoisotopic (exact) mass is 442 g/mol. The summed E-state index contributed by atoms with van der Waals surface area (Å²) < 4.78 is 5.71. The summed E-state index contributed by atoms with van der Waals surface area (Å²) in [5.74, 6) is -0.0989. The van der Waals surface area contributed by atoms with Gasteiger partial charge in [-0.25, -0.2) is 9.99 Å². The minimum Gasteiger partial charge on any atom is -0.412 e. The largest absolute Gasteiger partial charge is 0.412 e. The number of fused-ring (bicyclic) bond motifs is 1. The number of rotatable bonds is 5. The van der Waals surface area contributed by atoms with Gasteiger partial charge >= 0.3 is 11.8 Å². The summed E-state index contributed by atoms with van der Waals surface area (Å²) in [5, 5.41) is 13.8. The van der Waals surface area contributed by atoms with Crippen LogP contribution in [0.5, 0.6) is 0 Å². The highest BCUT2D eigenvalue weighted by atomic mass is 16.4. The standard InChI is InChI=1S/C23H22N8O2/c1-15-4-3-12-31(24-2)18(15)5-6-19-20-17(26-14-27-20)9-13-30(19)23(32)22-29-28-21(33-22)16-7-10-25-11-8-16/h3-5,7-8,10-12,14,19H,2,6,9,13H2,1H3,(H,26,27)/b18-5-/t19-/m0/s1. The molecule has 33 heavy (non-hydrogen) atoms. The average Bonchev–Trinajstić information content (AvgIpc) is 3.53. The molecule has 1 atom stereocenters. The van der Waals surface area contributed by atoms with E-state index in [1.165, 1.54) is 0 Å². The normalized spacial score (nSPS) is 18.9. The molecule has 2 aliphatic heterocycles. The molecule has 0 aromatic carbocycles. The molecule has 1 amide bonds. The molecular formula is C23H22N8O2. The molecule has 5 heterocycles. The molecule has 10 heteroatoms. The number of carbonyl (C=O) groups is 1. The quantitative estimate of drug-likeness (QED) is 0.603. The second-order valence-electron chi connectivity index (χ2n) is 7.68. The molecular weight excluding hydrogens is 420 g/mol. The predicted molar refractivity (Wildman–Crippen MR) is 121 cm³/mol. The number of nitrogens with zero attached hydrogens (tertiary/aromatic N) is 7. The maximum atomic E-state index is 13.4. The molecule has 0 fully saturated rings. The molecule has 0 unspecified atom stereocenters. The van der Waals surface area contributed by atoms with E-state index < -0.39 is 0 Å². The molecule has 3 aromatic rings. The lowest BCUT2D eigenvalue weighted by Crippen LogP contribution is -2.40. The van der Waals surface area contributed by atoms with Gasteiger partial charge in [0.15, 0.2) is 0 Å². The summed E-state index contributed by atoms with van der Waals surface area (Å²) in [6.07, 6.45) is 14.0. The number of imidazole rings is 1. The van der Waals surface area contributed by atoms with Gasteiger partial charge in [-0.05, 0) is 37.1 Å². The zero-order chi connectivity index (χ0) is 22.8. The molecule has 0 aliphatic carbocycles. The molecule has 0 bridgehead atoms. The molecule has 166 valence electrons. The number of carbonyl (C=O) groups excluding carboxylic acids is 1. The van der Waals surface area contributed by atoms with Crippen LogP contribution in [-0.2, 0) is 6.42 Å². The van der Waals surface area contributed by atoms with Crippen LogP contribution >= 0.6 is 0 Å². The van der Waals surface area contributed by atoms with E-state index in [9.17, 15) is 4.79 Å². The van der Waals surface area contributed by atoms with Crippen LogP contribution in [0.25, 0.3) is 11.5 Å². The van der Waals surface area contributed by atoms with E-state index in [4.69, 9.17) is 4.42 Å². The van der Waals surface area contributed by atoms with Gasteiger partial charge in [0.1, 0.15) is 0 Å². The molecule has 3 aromatic heterocycles. The van der Waals surface area contributed by atoms with Crippen molar-refractivity contribution in [1.82, 2.24) is 35.1 Å². The third-order valence-electron chi connectivity index (χ3n) is 5.75. The lowest BCUT2D eigenvalue weighted by atomic mass is 9.98. The number of aromatic amines is 1. The van der Waals surface area contributed by atoms with E-state index in [1.807, 2.05) is 25.3 Å². The van der Waals surface area contributed by atoms with Gasteiger partial charge in [0.05, 0.1) is 23.8 Å². The zero-order valence-corrected chi connectivity index (χ0v) is 18.0. The lowest BCUT2D eigenvalue weighted by molar-refractivity contribution is 0.0616. The van der Waals surface area contributed by atoms with E-state index in [0.29, 0.717) is 24.9 Å². The number of aromatic nitrogens is 5. The zero-order valence-electron chi connectivity index (χ0n) is 18.0. The third kappa shape index (κ3) is 3.86. The van der Waals surface area contributed by atoms with Crippen molar-refractivity contribution in [2.24, 2.45) is 5.10 Å². The fourth-order valence-electron chi connectivity index (χ4n) is 4.10. The van der Waals surface area contributed by atoms with Crippen molar-refractivity contribution < 1.29 is 9.21 Å². The first-order valence-corrected chi connectivity index (χ1v) is 10.5. The number of pyridine rings is 1. The van der Waals surface area contributed by atoms with E-state index in [-0.39, 0.29) is 23.7 Å². The highest BCUT2D eigenvalue weighted by Crippen LogP contribution is 2.33. The third-order valence-corrected chi connectivity index (χ3v) is 5.75. The van der Waals surface area contributed by atoms with E-state index in [1.54, 1.807) is 40.8 Å². The Kier molecular flexibility index (Phi) is 5.39. The van der Waals surface area contributed by atoms with Gasteiger partial charge in [-0.3, -0.25) is 9.78 Å². The highest BCUT2D eigenvalue weighted by Gasteiger charge is 2.35. The van der Waals surface area contributed by atoms with Crippen molar-refractivity contribution >= 4 is 12.6 Å². The molecule has 0 saturated heterocycles. The second-order valence-corrected chi connectivity index (χ2v) is 7.68. The van der Waals surface area contributed by atoms with Crippen LogP contribution in [-0.4, -0.2) is 54.2 Å². The van der Waals surface area contributed by atoms with E-state index in [2.05, 4.69) is 43.0 Å². The van der Waals surface area contributed by atoms with Crippen molar-refractivity contribution in [2.75, 3.05) is 6.54 Å². The summed E-state index contributed by atoms with van der Waals surface area (Å²) in [5.41, 5.74) is 4.54. The lowest BCUT2D eigenvalue weighted by Gasteiger charge is -2.34. The minimum atomic E-state index is -0.325. The molecule has 2 aliphatic rings. The first-order valence-electron chi connectivity index (χ1n) is 10.5. The maximum Gasteiger partial charge on any atom is 0.312 e. The van der Waals surface area contributed by atoms with Crippen LogP contribution in [0.3, 0.4) is 0 Å². The van der Waals surface area contributed by atoms with Crippen LogP contribution in [0.15, 0.2) is 76.1 Å². The van der Waals surface area contributed by atoms with Crippen molar-refractivity contribution in [2.45, 2.75) is 25.8 Å². The Morgan fingerprint density at radius 3 is 3.03 bits per heavy atom. The fourth-order valence-corrected chi connectivity index (χ4v) is 4.10. The number of hydrogen-bond acceptors (Lipinski definition) is 8. The predicted octanol–water partition coefficient (Wildman–Crippen LogP) is 3.26. The van der Waals surface area contributed by atoms with Crippen LogP contribution in [0.2, 0.25) is 0 Å². The summed E-state index contributed by atoms with van der Waals surface area (Å²) in [6, 6.07) is 3.21. The van der Waals surface area contributed by atoms with Gasteiger partial charge in [-0.15, -0.1) is 10.2 Å². The van der Waals surface area contributed by atoms with Crippen LogP contribution < -0.4 is 0 Å². The summed E-state index contributed by atoms with van der Waals surface area (Å²) in [6.45, 7) is 6.16. The fraction of sp³-hybridized carbons (Fsp3) is 0.217. The Bertz CT molecular complexity index is 1270. The smallest absolute Gasteiger partial charge is 0.312 e. The van der Waals surface area contributed by atoms with Gasteiger partial charge in [0, 0.05) is 49.5 Å². The molecule has 0 saturated carbocycles. The SMILES string of the molecule is C=NN1C=CC=C(C)/C1=C/C[C@H]1c2nc[nH]c2CCN1C(=O)c1nnc(-c2ccncc2)o1. The van der Waals surface area contributed by atoms with Crippen LogP contribution in [0.1, 0.15) is 41.5 Å². The number of nitrogens with one attached hydrogen (secondary N) is 1. The van der Waals surface area contributed by atoms with Gasteiger partial charge in [0.25, 0.3) is 0 Å². The van der Waals surface area contributed by atoms with Crippen molar-refractivity contribution in [3.05, 3.63) is 83.8 Å². The molecule has 1 N–H and O–H groups in total. The molecule has 0 spiro atoms. The van der Waals surface area contributed by atoms with Gasteiger partial charge in [-0.1, -0.05) is 12.2 Å². The van der Waals surface area contributed by atoms with Crippen LogP contribution in [0.4, 0.5) is 0 Å². The minimum absolute atomic E-state index is 0.0514. The number of hydrogen-bond donors (Lipinski definition) is 1. The van der Waals surface area contributed by atoms with E-state index in [0.717, 1.165) is 22.7 Å². The summed E-state index contributed by atoms with van der Waals surface area (Å²) >= 11 is 0. The highest BCUT2D eigenvalue weighted by molar-refractivity contribution is 5.90. The number of H-pyrrole nitrogens is 1. The van der Waals surface area contributed by atoms with E-state index >= 15 is 0 Å². The first-order chi connectivity index (χ1) is 16.2. The number of amides is 1. The second kappa shape index (κ2) is 8.65. The Labute approximate surface area is 190 Å². The van der Waals surface area contributed by atoms with Crippen molar-refractivity contribution in [1.29, 1.82) is 0 Å². The summed E-state index contributed by atoms with van der Waals surface area (Å²) in [4.78, 5) is 26.8. The Hall–Kier alpha value is -4.34. The Morgan fingerprint density at radius 2 is 2.21 bits per heavy atom. The molecule has 10 nitrogen and oxygen atoms in total. The first kappa shape index (κ1) is 20.6. The average molecular weight is 442 g/mol. The topological polar surface area (TPSA) is 116 Å². The summed E-state index contributed by atoms with van der Waals surface area (Å²) in [7, 11) is 0. The Balaban J connectivity index is 1.44. The van der Waals surface area contributed by atoms with Crippen LogP contribution in [0, 0.1) is 0 Å². The molecule has 0 radical (unpaired) electrons. The van der Waals surface area contributed by atoms with Gasteiger partial charge < -0.3 is 14.3 Å². The maximum absolute atomic E-state index is 13.4. The van der Waals surface area contributed by atoms with Crippen molar-refractivity contribution in [3.63, 3.8) is 0 Å². The number of allylic oxidation sites excluding steroid dienone is 3. The van der Waals surface area contributed by atoms with Gasteiger partial charge in [-0.2, -0.15) is 5.10 Å². The molecule has 5 rings (SSSR count).